The van der Waals surface area contributed by atoms with E-state index in [1.54, 1.807) is 24.3 Å². The second-order valence-corrected chi connectivity index (χ2v) is 6.06. The van der Waals surface area contributed by atoms with E-state index in [1.807, 2.05) is 0 Å². The molecule has 0 radical (unpaired) electrons. The maximum Gasteiger partial charge on any atom is 0.418 e. The number of fused-ring (bicyclic) bond motifs is 4. The van der Waals surface area contributed by atoms with Crippen molar-refractivity contribution in [1.82, 2.24) is 9.96 Å². The van der Waals surface area contributed by atoms with Crippen molar-refractivity contribution in [1.29, 1.82) is 0 Å². The Kier molecular flexibility index (Phi) is 3.62. The molecule has 11 heteroatoms. The molecular weight excluding hydrogens is 330 g/mol. The van der Waals surface area contributed by atoms with Crippen LogP contribution in [0.1, 0.15) is 23.2 Å². The molecule has 2 bridgehead atoms. The first kappa shape index (κ1) is 15.5. The Labute approximate surface area is 131 Å². The van der Waals surface area contributed by atoms with E-state index in [9.17, 15) is 18.0 Å². The second kappa shape index (κ2) is 5.37. The predicted octanol–water partition coefficient (Wildman–Crippen LogP) is 0.350. The third kappa shape index (κ3) is 2.81. The number of urea groups is 1. The molecule has 1 aromatic carbocycles. The van der Waals surface area contributed by atoms with Gasteiger partial charge >= 0.3 is 22.5 Å². The highest BCUT2D eigenvalue weighted by molar-refractivity contribution is 7.80. The Morgan fingerprint density at radius 3 is 2.61 bits per heavy atom. The lowest BCUT2D eigenvalue weighted by Gasteiger charge is -2.32. The first-order chi connectivity index (χ1) is 10.8. The fourth-order valence-electron chi connectivity index (χ4n) is 2.90. The van der Waals surface area contributed by atoms with Gasteiger partial charge in [0.15, 0.2) is 0 Å². The number of primary amides is 1. The van der Waals surface area contributed by atoms with E-state index in [-0.39, 0.29) is 13.2 Å². The van der Waals surface area contributed by atoms with Crippen molar-refractivity contribution in [2.24, 2.45) is 5.73 Å². The molecular formula is C12H13N3O7S. The number of carbonyl (C=O) groups is 2. The fourth-order valence-corrected chi connectivity index (χ4v) is 3.27. The van der Waals surface area contributed by atoms with Crippen LogP contribution in [0.25, 0.3) is 0 Å². The maximum atomic E-state index is 12.4. The second-order valence-electron chi connectivity index (χ2n) is 5.05. The fraction of sp³-hybridized carbons (Fsp3) is 0.333. The van der Waals surface area contributed by atoms with Crippen LogP contribution >= 0.6 is 0 Å². The summed E-state index contributed by atoms with van der Waals surface area (Å²) in [4.78, 5) is 24.5. The van der Waals surface area contributed by atoms with E-state index in [4.69, 9.17) is 15.0 Å². The molecule has 0 saturated carbocycles. The molecule has 1 aromatic rings. The van der Waals surface area contributed by atoms with Crippen LogP contribution in [0.15, 0.2) is 24.3 Å². The summed E-state index contributed by atoms with van der Waals surface area (Å²) in [6, 6.07) is 4.79. The van der Waals surface area contributed by atoms with E-state index >= 15 is 0 Å². The highest BCUT2D eigenvalue weighted by atomic mass is 32.3. The number of nitrogens with zero attached hydrogens (tertiary/aromatic N) is 2. The van der Waals surface area contributed by atoms with Crippen molar-refractivity contribution in [3.8, 4) is 0 Å². The van der Waals surface area contributed by atoms with Crippen LogP contribution in [-0.4, -0.2) is 48.2 Å². The smallest absolute Gasteiger partial charge is 0.418 e. The molecule has 1 saturated heterocycles. The minimum atomic E-state index is -4.85. The van der Waals surface area contributed by atoms with Crippen molar-refractivity contribution in [2.45, 2.75) is 12.1 Å². The van der Waals surface area contributed by atoms with E-state index < -0.39 is 34.6 Å². The number of hydrogen-bond acceptors (Lipinski definition) is 6. The van der Waals surface area contributed by atoms with Crippen molar-refractivity contribution in [2.75, 3.05) is 13.2 Å². The number of amides is 3. The lowest BCUT2D eigenvalue weighted by molar-refractivity contribution is -0.0317. The Morgan fingerprint density at radius 2 is 2.00 bits per heavy atom. The van der Waals surface area contributed by atoms with Crippen LogP contribution in [0.2, 0.25) is 0 Å². The Hall–Kier alpha value is -2.37. The van der Waals surface area contributed by atoms with Crippen LogP contribution in [0, 0.1) is 0 Å². The van der Waals surface area contributed by atoms with Crippen LogP contribution in [0.3, 0.4) is 0 Å². The van der Waals surface area contributed by atoms with Gasteiger partial charge in [-0.25, -0.2) is 9.59 Å². The molecule has 1 unspecified atom stereocenters. The minimum Gasteiger partial charge on any atom is -0.447 e. The molecule has 3 amide bonds. The van der Waals surface area contributed by atoms with Gasteiger partial charge in [-0.2, -0.15) is 13.5 Å². The molecule has 2 aliphatic rings. The summed E-state index contributed by atoms with van der Waals surface area (Å²) in [7, 11) is -4.85. The predicted molar refractivity (Wildman–Crippen MR) is 74.0 cm³/mol. The van der Waals surface area contributed by atoms with Gasteiger partial charge in [-0.3, -0.25) is 4.55 Å². The SMILES string of the molecule is NC(=O)OCC1c2ccccc2[C@H]2CN1C(=O)N2OS(=O)(=O)O. The Morgan fingerprint density at radius 1 is 1.35 bits per heavy atom. The van der Waals surface area contributed by atoms with Crippen LogP contribution < -0.4 is 5.73 Å². The summed E-state index contributed by atoms with van der Waals surface area (Å²) in [5.74, 6) is 0. The van der Waals surface area contributed by atoms with Crippen LogP contribution in [0.5, 0.6) is 0 Å². The number of carbonyl (C=O) groups excluding carboxylic acids is 2. The molecule has 0 aliphatic carbocycles. The van der Waals surface area contributed by atoms with Gasteiger partial charge in [-0.15, -0.1) is 4.28 Å². The normalized spacial score (nSPS) is 22.9. The molecule has 124 valence electrons. The third-order valence-electron chi connectivity index (χ3n) is 3.74. The number of ether oxygens (including phenoxy) is 1. The molecule has 10 nitrogen and oxygen atoms in total. The van der Waals surface area contributed by atoms with E-state index in [2.05, 4.69) is 4.28 Å². The van der Waals surface area contributed by atoms with Crippen LogP contribution in [0.4, 0.5) is 9.59 Å². The number of rotatable bonds is 4. The summed E-state index contributed by atoms with van der Waals surface area (Å²) in [6.45, 7) is -0.0529. The zero-order chi connectivity index (χ0) is 16.8. The van der Waals surface area contributed by atoms with Gasteiger partial charge in [0.1, 0.15) is 12.6 Å². The molecule has 23 heavy (non-hydrogen) atoms. The summed E-state index contributed by atoms with van der Waals surface area (Å²) in [5.41, 5.74) is 6.28. The van der Waals surface area contributed by atoms with Gasteiger partial charge in [0.25, 0.3) is 0 Å². The molecule has 1 fully saturated rings. The molecule has 2 atom stereocenters. The first-order valence-corrected chi connectivity index (χ1v) is 7.92. The highest BCUT2D eigenvalue weighted by Gasteiger charge is 2.50. The summed E-state index contributed by atoms with van der Waals surface area (Å²) in [5, 5.41) is 0.596. The highest BCUT2D eigenvalue weighted by Crippen LogP contribution is 2.44. The van der Waals surface area contributed by atoms with Crippen molar-refractivity contribution in [3.63, 3.8) is 0 Å². The number of hydroxylamine groups is 2. The van der Waals surface area contributed by atoms with Crippen molar-refractivity contribution >= 4 is 22.5 Å². The molecule has 3 N–H and O–H groups in total. The van der Waals surface area contributed by atoms with Gasteiger partial charge < -0.3 is 15.4 Å². The lowest BCUT2D eigenvalue weighted by Crippen LogP contribution is -2.37. The molecule has 0 spiro atoms. The topological polar surface area (TPSA) is 139 Å². The Bertz CT molecular complexity index is 766. The first-order valence-electron chi connectivity index (χ1n) is 6.56. The molecule has 2 aliphatic heterocycles. The van der Waals surface area contributed by atoms with Gasteiger partial charge in [0, 0.05) is 0 Å². The average Bonchev–Trinajstić information content (AvgIpc) is 2.73. The maximum absolute atomic E-state index is 12.4. The quantitative estimate of drug-likeness (QED) is 0.752. The van der Waals surface area contributed by atoms with E-state index in [0.29, 0.717) is 16.2 Å². The summed E-state index contributed by atoms with van der Waals surface area (Å²) in [6.07, 6.45) is -0.984. The standard InChI is InChI=1S/C12H13N3O7S/c13-11(16)21-6-10-8-4-2-1-3-7(8)9-5-14(10)12(17)15(9)22-23(18,19)20/h1-4,9-10H,5-6H2,(H2,13,16)(H,18,19,20)/t9-,10?/m1/s1. The van der Waals surface area contributed by atoms with Gasteiger partial charge in [-0.1, -0.05) is 24.3 Å². The monoisotopic (exact) mass is 343 g/mol. The number of nitrogens with two attached hydrogens (primary N) is 1. The molecule has 3 rings (SSSR count). The van der Waals surface area contributed by atoms with Crippen LogP contribution in [-0.2, 0) is 19.4 Å². The third-order valence-corrected chi connectivity index (χ3v) is 4.08. The van der Waals surface area contributed by atoms with Crippen molar-refractivity contribution in [3.05, 3.63) is 35.4 Å². The Balaban J connectivity index is 1.99. The minimum absolute atomic E-state index is 0.123. The summed E-state index contributed by atoms with van der Waals surface area (Å²) < 4.78 is 40.0. The van der Waals surface area contributed by atoms with Gasteiger partial charge in [0.05, 0.1) is 12.6 Å². The average molecular weight is 343 g/mol. The number of benzene rings is 1. The van der Waals surface area contributed by atoms with Gasteiger partial charge in [-0.05, 0) is 11.1 Å². The zero-order valence-electron chi connectivity index (χ0n) is 11.7. The summed E-state index contributed by atoms with van der Waals surface area (Å²) >= 11 is 0. The number of hydrogen-bond donors (Lipinski definition) is 2. The lowest BCUT2D eigenvalue weighted by atomic mass is 9.91. The van der Waals surface area contributed by atoms with Crippen molar-refractivity contribution < 1.29 is 31.6 Å². The molecule has 0 aromatic heterocycles. The van der Waals surface area contributed by atoms with E-state index in [1.165, 1.54) is 4.90 Å². The van der Waals surface area contributed by atoms with Gasteiger partial charge in [0.2, 0.25) is 0 Å². The zero-order valence-corrected chi connectivity index (χ0v) is 12.5. The largest absolute Gasteiger partial charge is 0.447 e. The molecule has 2 heterocycles. The van der Waals surface area contributed by atoms with E-state index in [0.717, 1.165) is 0 Å².